The van der Waals surface area contributed by atoms with E-state index in [2.05, 4.69) is 11.8 Å². The van der Waals surface area contributed by atoms with Gasteiger partial charge >= 0.3 is 0 Å². The van der Waals surface area contributed by atoms with Crippen LogP contribution >= 0.6 is 6.49 Å². The van der Waals surface area contributed by atoms with E-state index in [0.29, 0.717) is 12.8 Å². The van der Waals surface area contributed by atoms with Crippen molar-refractivity contribution in [1.82, 2.24) is 0 Å². The summed E-state index contributed by atoms with van der Waals surface area (Å²) < 4.78 is 0. The van der Waals surface area contributed by atoms with Crippen LogP contribution in [0.25, 0.3) is 0 Å². The van der Waals surface area contributed by atoms with Gasteiger partial charge in [-0.05, 0) is 29.6 Å². The molecule has 0 unspecified atom stereocenters. The number of benzene rings is 1. The minimum Gasteiger partial charge on any atom is -0.832 e. The molecule has 0 fully saturated rings. The van der Waals surface area contributed by atoms with Gasteiger partial charge in [-0.1, -0.05) is 24.3 Å². The molecule has 13 heavy (non-hydrogen) atoms. The molecule has 0 spiro atoms. The first-order valence-corrected chi connectivity index (χ1v) is 6.86. The lowest BCUT2D eigenvalue weighted by molar-refractivity contribution is -0.297. The standard InChI is InChI=1S/C9H11O2PS/c10-12(11,13)9-5-7-3-1-2-4-8(7)6-9/h1-4,9H,5-6H2,(H2,10,11,13)/p-2. The van der Waals surface area contributed by atoms with Crippen molar-refractivity contribution < 1.29 is 9.79 Å². The van der Waals surface area contributed by atoms with Gasteiger partial charge in [0, 0.05) is 0 Å². The number of hydrogen-bond acceptors (Lipinski definition) is 3. The predicted octanol–water partition coefficient (Wildman–Crippen LogP) is 0.184. The lowest BCUT2D eigenvalue weighted by Gasteiger charge is -2.41. The van der Waals surface area contributed by atoms with Gasteiger partial charge in [-0.25, -0.2) is 6.49 Å². The fraction of sp³-hybridized carbons (Fsp3) is 0.333. The summed E-state index contributed by atoms with van der Waals surface area (Å²) in [6.45, 7) is -3.56. The third kappa shape index (κ3) is 1.84. The Balaban J connectivity index is 2.28. The molecule has 1 aliphatic carbocycles. The third-order valence-corrected chi connectivity index (χ3v) is 4.63. The van der Waals surface area contributed by atoms with Crippen LogP contribution in [0, 0.1) is 0 Å². The molecule has 0 radical (unpaired) electrons. The first-order valence-electron chi connectivity index (χ1n) is 4.16. The zero-order chi connectivity index (χ0) is 9.47. The molecule has 0 saturated heterocycles. The molecule has 70 valence electrons. The van der Waals surface area contributed by atoms with Gasteiger partial charge < -0.3 is 9.79 Å². The van der Waals surface area contributed by atoms with Crippen LogP contribution in [0.3, 0.4) is 0 Å². The molecule has 0 atom stereocenters. The van der Waals surface area contributed by atoms with Crippen LogP contribution in [0.5, 0.6) is 0 Å². The maximum absolute atomic E-state index is 11.1. The van der Waals surface area contributed by atoms with Crippen LogP contribution in [-0.4, -0.2) is 5.66 Å². The van der Waals surface area contributed by atoms with Crippen LogP contribution in [-0.2, 0) is 24.6 Å². The summed E-state index contributed by atoms with van der Waals surface area (Å²) in [5, 5.41) is 0. The smallest absolute Gasteiger partial charge is 0.0220 e. The maximum Gasteiger partial charge on any atom is -0.0220 e. The molecule has 1 aromatic carbocycles. The third-order valence-electron chi connectivity index (χ3n) is 2.48. The summed E-state index contributed by atoms with van der Waals surface area (Å²) in [7, 11) is 0. The van der Waals surface area contributed by atoms with Crippen LogP contribution < -0.4 is 9.79 Å². The van der Waals surface area contributed by atoms with Gasteiger partial charge in [-0.2, -0.15) is 0 Å². The molecule has 0 saturated carbocycles. The van der Waals surface area contributed by atoms with Crippen molar-refractivity contribution in [3.8, 4) is 0 Å². The molecule has 1 aliphatic rings. The Morgan fingerprint density at radius 3 is 2.00 bits per heavy atom. The molecule has 0 N–H and O–H groups in total. The van der Waals surface area contributed by atoms with Gasteiger partial charge in [0.05, 0.1) is 0 Å². The van der Waals surface area contributed by atoms with Crippen molar-refractivity contribution in [3.63, 3.8) is 0 Å². The van der Waals surface area contributed by atoms with Gasteiger partial charge in [-0.15, -0.1) is 11.8 Å². The van der Waals surface area contributed by atoms with Crippen molar-refractivity contribution in [2.75, 3.05) is 0 Å². The van der Waals surface area contributed by atoms with Crippen LogP contribution in [0.4, 0.5) is 0 Å². The minimum atomic E-state index is -3.56. The summed E-state index contributed by atoms with van der Waals surface area (Å²) >= 11 is 4.49. The summed E-state index contributed by atoms with van der Waals surface area (Å²) in [5.74, 6) is 0. The zero-order valence-electron chi connectivity index (χ0n) is 6.97. The van der Waals surface area contributed by atoms with Crippen molar-refractivity contribution >= 4 is 18.3 Å². The molecule has 0 heterocycles. The van der Waals surface area contributed by atoms with E-state index < -0.39 is 6.49 Å². The van der Waals surface area contributed by atoms with Gasteiger partial charge in [0.15, 0.2) is 0 Å². The largest absolute Gasteiger partial charge is 0.832 e. The van der Waals surface area contributed by atoms with Gasteiger partial charge in [-0.3, -0.25) is 0 Å². The van der Waals surface area contributed by atoms with E-state index in [4.69, 9.17) is 0 Å². The molecule has 4 heteroatoms. The minimum absolute atomic E-state index is 0.347. The summed E-state index contributed by atoms with van der Waals surface area (Å²) in [6, 6.07) is 7.81. The Morgan fingerprint density at radius 1 is 1.15 bits per heavy atom. The molecule has 1 aromatic rings. The highest BCUT2D eigenvalue weighted by Gasteiger charge is 2.20. The molecular weight excluding hydrogens is 203 g/mol. The predicted molar refractivity (Wildman–Crippen MR) is 51.9 cm³/mol. The van der Waals surface area contributed by atoms with Crippen molar-refractivity contribution in [1.29, 1.82) is 0 Å². The van der Waals surface area contributed by atoms with Gasteiger partial charge in [0.2, 0.25) is 0 Å². The lowest BCUT2D eigenvalue weighted by atomic mass is 10.1. The Labute approximate surface area is 82.4 Å². The average molecular weight is 212 g/mol. The number of fused-ring (bicyclic) bond motifs is 1. The topological polar surface area (TPSA) is 46.1 Å². The number of rotatable bonds is 1. The van der Waals surface area contributed by atoms with E-state index in [0.717, 1.165) is 11.1 Å². The molecule has 0 aromatic heterocycles. The maximum atomic E-state index is 11.1. The number of hydrogen-bond donors (Lipinski definition) is 0. The molecule has 2 rings (SSSR count). The van der Waals surface area contributed by atoms with Crippen LogP contribution in [0.2, 0.25) is 0 Å². The highest BCUT2D eigenvalue weighted by molar-refractivity contribution is 8.07. The molecule has 0 aliphatic heterocycles. The van der Waals surface area contributed by atoms with E-state index >= 15 is 0 Å². The fourth-order valence-corrected chi connectivity index (χ4v) is 3.05. The van der Waals surface area contributed by atoms with Gasteiger partial charge in [0.25, 0.3) is 0 Å². The fourth-order valence-electron chi connectivity index (χ4n) is 1.76. The van der Waals surface area contributed by atoms with E-state index in [1.807, 2.05) is 24.3 Å². The second kappa shape index (κ2) is 3.18. The van der Waals surface area contributed by atoms with Crippen LogP contribution in [0.1, 0.15) is 11.1 Å². The molecule has 0 bridgehead atoms. The van der Waals surface area contributed by atoms with E-state index in [9.17, 15) is 9.79 Å². The summed E-state index contributed by atoms with van der Waals surface area (Å²) in [5.41, 5.74) is 1.92. The van der Waals surface area contributed by atoms with Crippen LogP contribution in [0.15, 0.2) is 24.3 Å². The molecule has 0 amide bonds. The molecule has 2 nitrogen and oxygen atoms in total. The second-order valence-corrected chi connectivity index (χ2v) is 6.71. The highest BCUT2D eigenvalue weighted by atomic mass is 32.5. The van der Waals surface area contributed by atoms with Gasteiger partial charge in [0.1, 0.15) is 0 Å². The molecular formula is C9H9O2PS-2. The summed E-state index contributed by atoms with van der Waals surface area (Å²) in [6.07, 6.45) is 1.20. The SMILES string of the molecule is [O-]P([O-])(=S)C1Cc2ccccc2C1. The second-order valence-electron chi connectivity index (χ2n) is 3.37. The Kier molecular flexibility index (Phi) is 2.28. The van der Waals surface area contributed by atoms with E-state index in [1.54, 1.807) is 0 Å². The average Bonchev–Trinajstić information content (AvgIpc) is 2.45. The van der Waals surface area contributed by atoms with Crippen molar-refractivity contribution in [2.24, 2.45) is 0 Å². The summed E-state index contributed by atoms with van der Waals surface area (Å²) in [4.78, 5) is 22.3. The monoisotopic (exact) mass is 212 g/mol. The normalized spacial score (nSPS) is 17.4. The quantitative estimate of drug-likeness (QED) is 0.624. The highest BCUT2D eigenvalue weighted by Crippen LogP contribution is 2.41. The van der Waals surface area contributed by atoms with Crippen molar-refractivity contribution in [3.05, 3.63) is 35.4 Å². The van der Waals surface area contributed by atoms with E-state index in [1.165, 1.54) is 0 Å². The van der Waals surface area contributed by atoms with E-state index in [-0.39, 0.29) is 5.66 Å². The van der Waals surface area contributed by atoms with Crippen molar-refractivity contribution in [2.45, 2.75) is 18.5 Å². The zero-order valence-corrected chi connectivity index (χ0v) is 8.68. The Hall–Kier alpha value is -0.210. The lowest BCUT2D eigenvalue weighted by Crippen LogP contribution is -2.26. The Bertz CT molecular complexity index is 347. The first kappa shape index (κ1) is 9.35. The first-order chi connectivity index (χ1) is 6.07. The Morgan fingerprint density at radius 2 is 1.62 bits per heavy atom.